The molecule has 1 aliphatic heterocycles. The van der Waals surface area contributed by atoms with E-state index in [4.69, 9.17) is 17.3 Å². The summed E-state index contributed by atoms with van der Waals surface area (Å²) in [6.07, 6.45) is 2.79. The summed E-state index contributed by atoms with van der Waals surface area (Å²) in [5, 5.41) is 0.297. The molecule has 0 saturated carbocycles. The summed E-state index contributed by atoms with van der Waals surface area (Å²) in [7, 11) is -3.54. The fourth-order valence-electron chi connectivity index (χ4n) is 2.93. The van der Waals surface area contributed by atoms with E-state index in [1.54, 1.807) is 16.4 Å². The smallest absolute Gasteiger partial charge is 0.244 e. The molecule has 0 bridgehead atoms. The molecular formula is C16H26Cl2N2O2S. The quantitative estimate of drug-likeness (QED) is 0.847. The summed E-state index contributed by atoms with van der Waals surface area (Å²) in [6.45, 7) is 5.78. The summed E-state index contributed by atoms with van der Waals surface area (Å²) in [5.74, 6) is 0.609. The highest BCUT2D eigenvalue weighted by molar-refractivity contribution is 7.89. The van der Waals surface area contributed by atoms with Crippen LogP contribution in [-0.2, 0) is 10.0 Å². The highest BCUT2D eigenvalue weighted by Crippen LogP contribution is 2.31. The first-order valence-electron chi connectivity index (χ1n) is 7.86. The third kappa shape index (κ3) is 4.83. The lowest BCUT2D eigenvalue weighted by molar-refractivity contribution is 0.258. The predicted octanol–water partition coefficient (Wildman–Crippen LogP) is 3.63. The molecule has 1 aliphatic rings. The Bertz CT molecular complexity index is 619. The number of halogens is 2. The van der Waals surface area contributed by atoms with Crippen molar-refractivity contribution in [3.05, 3.63) is 28.8 Å². The van der Waals surface area contributed by atoms with Gasteiger partial charge in [-0.2, -0.15) is 4.31 Å². The maximum absolute atomic E-state index is 12.9. The molecule has 0 aromatic heterocycles. The lowest BCUT2D eigenvalue weighted by atomic mass is 9.96. The minimum atomic E-state index is -3.54. The van der Waals surface area contributed by atoms with Gasteiger partial charge in [0, 0.05) is 13.1 Å². The molecule has 0 amide bonds. The Balaban J connectivity index is 0.00000264. The molecule has 1 fully saturated rings. The van der Waals surface area contributed by atoms with Crippen LogP contribution in [0.3, 0.4) is 0 Å². The van der Waals surface area contributed by atoms with Crippen molar-refractivity contribution >= 4 is 34.0 Å². The van der Waals surface area contributed by atoms with Gasteiger partial charge >= 0.3 is 0 Å². The zero-order chi connectivity index (χ0) is 16.3. The molecule has 1 atom stereocenters. The van der Waals surface area contributed by atoms with E-state index in [9.17, 15) is 8.42 Å². The highest BCUT2D eigenvalue weighted by Gasteiger charge is 2.31. The zero-order valence-corrected chi connectivity index (χ0v) is 16.1. The maximum atomic E-state index is 12.9. The monoisotopic (exact) mass is 380 g/mol. The molecule has 1 heterocycles. The van der Waals surface area contributed by atoms with E-state index < -0.39 is 10.0 Å². The van der Waals surface area contributed by atoms with E-state index in [-0.39, 0.29) is 23.2 Å². The summed E-state index contributed by atoms with van der Waals surface area (Å²) in [6, 6.07) is 5.29. The summed E-state index contributed by atoms with van der Waals surface area (Å²) >= 11 is 6.18. The topological polar surface area (TPSA) is 63.4 Å². The van der Waals surface area contributed by atoms with Gasteiger partial charge in [0.05, 0.1) is 5.02 Å². The number of nitrogens with zero attached hydrogens (tertiary/aromatic N) is 1. The molecule has 23 heavy (non-hydrogen) atoms. The summed E-state index contributed by atoms with van der Waals surface area (Å²) < 4.78 is 27.5. The summed E-state index contributed by atoms with van der Waals surface area (Å²) in [4.78, 5) is 0.230. The number of hydrogen-bond acceptors (Lipinski definition) is 3. The molecule has 132 valence electrons. The number of hydrogen-bond donors (Lipinski definition) is 1. The molecule has 2 rings (SSSR count). The maximum Gasteiger partial charge on any atom is 0.244 e. The van der Waals surface area contributed by atoms with E-state index in [2.05, 4.69) is 0 Å². The average Bonchev–Trinajstić information content (AvgIpc) is 2.48. The minimum absolute atomic E-state index is 0. The van der Waals surface area contributed by atoms with Crippen LogP contribution in [0.4, 0.5) is 0 Å². The fraction of sp³-hybridized carbons (Fsp3) is 0.625. The van der Waals surface area contributed by atoms with Gasteiger partial charge < -0.3 is 5.73 Å². The van der Waals surface area contributed by atoms with E-state index in [1.165, 1.54) is 0 Å². The van der Waals surface area contributed by atoms with Crippen molar-refractivity contribution in [3.8, 4) is 0 Å². The van der Waals surface area contributed by atoms with Gasteiger partial charge in [0.2, 0.25) is 10.0 Å². The molecule has 1 aromatic rings. The number of nitrogens with two attached hydrogens (primary N) is 1. The minimum Gasteiger partial charge on any atom is -0.330 e. The van der Waals surface area contributed by atoms with E-state index >= 15 is 0 Å². The van der Waals surface area contributed by atoms with E-state index in [0.29, 0.717) is 30.6 Å². The largest absolute Gasteiger partial charge is 0.330 e. The van der Waals surface area contributed by atoms with Crippen molar-refractivity contribution in [3.63, 3.8) is 0 Å². The number of sulfonamides is 1. The molecule has 1 unspecified atom stereocenters. The molecule has 0 spiro atoms. The van der Waals surface area contributed by atoms with Crippen LogP contribution < -0.4 is 5.73 Å². The van der Waals surface area contributed by atoms with Crippen molar-refractivity contribution in [2.45, 2.75) is 43.9 Å². The molecule has 2 N–H and O–H groups in total. The first-order valence-corrected chi connectivity index (χ1v) is 9.67. The van der Waals surface area contributed by atoms with Crippen molar-refractivity contribution in [2.75, 3.05) is 19.6 Å². The third-order valence-corrected chi connectivity index (χ3v) is 6.64. The standard InChI is InChI=1S/C16H25ClN2O2S.ClH/c1-12(2)14-5-6-15(17)16(10-14)22(20,21)19-9-3-4-13(11-19)7-8-18;/h5-6,10,12-13H,3-4,7-9,11,18H2,1-2H3;1H. The first-order chi connectivity index (χ1) is 10.4. The van der Waals surface area contributed by atoms with Gasteiger partial charge in [0.25, 0.3) is 0 Å². The van der Waals surface area contributed by atoms with Crippen LogP contribution in [0.5, 0.6) is 0 Å². The van der Waals surface area contributed by atoms with Crippen LogP contribution in [0, 0.1) is 5.92 Å². The molecule has 1 saturated heterocycles. The van der Waals surface area contributed by atoms with Gasteiger partial charge in [-0.15, -0.1) is 12.4 Å². The second-order valence-corrected chi connectivity index (χ2v) is 8.61. The summed E-state index contributed by atoms with van der Waals surface area (Å²) in [5.41, 5.74) is 6.60. The van der Waals surface area contributed by atoms with Gasteiger partial charge in [-0.1, -0.05) is 31.5 Å². The van der Waals surface area contributed by atoms with Crippen LogP contribution in [0.1, 0.15) is 44.6 Å². The molecular weight excluding hydrogens is 355 g/mol. The first kappa shape index (κ1) is 20.7. The zero-order valence-electron chi connectivity index (χ0n) is 13.7. The van der Waals surface area contributed by atoms with Crippen LogP contribution in [-0.4, -0.2) is 32.4 Å². The molecule has 7 heteroatoms. The number of rotatable bonds is 5. The number of piperidine rings is 1. The van der Waals surface area contributed by atoms with Crippen LogP contribution in [0.2, 0.25) is 5.02 Å². The molecule has 0 radical (unpaired) electrons. The second-order valence-electron chi connectivity index (χ2n) is 6.29. The van der Waals surface area contributed by atoms with Crippen LogP contribution in [0.25, 0.3) is 0 Å². The Hall–Kier alpha value is -0.330. The van der Waals surface area contributed by atoms with Crippen LogP contribution >= 0.6 is 24.0 Å². The van der Waals surface area contributed by atoms with Crippen molar-refractivity contribution in [1.82, 2.24) is 4.31 Å². The molecule has 4 nitrogen and oxygen atoms in total. The Morgan fingerprint density at radius 2 is 2.09 bits per heavy atom. The van der Waals surface area contributed by atoms with Crippen LogP contribution in [0.15, 0.2) is 23.1 Å². The van der Waals surface area contributed by atoms with E-state index in [1.807, 2.05) is 19.9 Å². The Kier molecular flexibility index (Phi) is 7.81. The van der Waals surface area contributed by atoms with Crippen molar-refractivity contribution in [2.24, 2.45) is 11.7 Å². The normalized spacial score (nSPS) is 19.6. The second kappa shape index (κ2) is 8.67. The van der Waals surface area contributed by atoms with Gasteiger partial charge in [-0.3, -0.25) is 0 Å². The molecule has 1 aromatic carbocycles. The fourth-order valence-corrected chi connectivity index (χ4v) is 5.00. The van der Waals surface area contributed by atoms with Gasteiger partial charge in [-0.25, -0.2) is 8.42 Å². The lowest BCUT2D eigenvalue weighted by Crippen LogP contribution is -2.40. The van der Waals surface area contributed by atoms with E-state index in [0.717, 1.165) is 24.8 Å². The SMILES string of the molecule is CC(C)c1ccc(Cl)c(S(=O)(=O)N2CCCC(CCN)C2)c1.Cl. The molecule has 0 aliphatic carbocycles. The number of benzene rings is 1. The average molecular weight is 381 g/mol. The highest BCUT2D eigenvalue weighted by atomic mass is 35.5. The third-order valence-electron chi connectivity index (χ3n) is 4.30. The van der Waals surface area contributed by atoms with Crippen molar-refractivity contribution < 1.29 is 8.42 Å². The van der Waals surface area contributed by atoms with Crippen molar-refractivity contribution in [1.29, 1.82) is 0 Å². The lowest BCUT2D eigenvalue weighted by Gasteiger charge is -2.32. The van der Waals surface area contributed by atoms with Gasteiger partial charge in [0.1, 0.15) is 4.90 Å². The Morgan fingerprint density at radius 1 is 1.39 bits per heavy atom. The van der Waals surface area contributed by atoms with Gasteiger partial charge in [0.15, 0.2) is 0 Å². The van der Waals surface area contributed by atoms with Gasteiger partial charge in [-0.05, 0) is 55.3 Å². The predicted molar refractivity (Wildman–Crippen MR) is 97.9 cm³/mol. The Labute approximate surface area is 150 Å². The Morgan fingerprint density at radius 3 is 2.70 bits per heavy atom.